The zero-order valence-electron chi connectivity index (χ0n) is 17.9. The number of para-hydroxylation sites is 1. The molecule has 4 aromatic rings. The van der Waals surface area contributed by atoms with Gasteiger partial charge in [-0.05, 0) is 60.7 Å². The lowest BCUT2D eigenvalue weighted by molar-refractivity contribution is -0.113. The predicted octanol–water partition coefficient (Wildman–Crippen LogP) is 5.38. The Bertz CT molecular complexity index is 1200. The molecule has 1 heterocycles. The van der Waals surface area contributed by atoms with Gasteiger partial charge in [-0.15, -0.1) is 10.2 Å². The Morgan fingerprint density at radius 1 is 0.970 bits per heavy atom. The number of rotatable bonds is 9. The van der Waals surface area contributed by atoms with Crippen LogP contribution in [0, 0.1) is 0 Å². The highest BCUT2D eigenvalue weighted by atomic mass is 79.9. The number of nitrogens with one attached hydrogen (secondary N) is 2. The zero-order chi connectivity index (χ0) is 23.0. The fraction of sp³-hybridized carbons (Fsp3) is 0.125. The van der Waals surface area contributed by atoms with E-state index in [9.17, 15) is 4.79 Å². The minimum Gasteiger partial charge on any atom is -0.497 e. The first-order valence-electron chi connectivity index (χ1n) is 10.2. The summed E-state index contributed by atoms with van der Waals surface area (Å²) in [4.78, 5) is 12.5. The van der Waals surface area contributed by atoms with Crippen LogP contribution in [0.5, 0.6) is 5.75 Å². The van der Waals surface area contributed by atoms with Crippen LogP contribution in [0.15, 0.2) is 88.5 Å². The van der Waals surface area contributed by atoms with Crippen molar-refractivity contribution in [1.29, 1.82) is 0 Å². The first kappa shape index (κ1) is 22.9. The molecule has 3 aromatic carbocycles. The minimum atomic E-state index is -0.123. The standard InChI is InChI=1S/C24H22BrN5O2S/c1-32-21-13-11-19(12-14-21)27-23(31)16-33-24-29-28-22(30(24)20-5-3-2-4-6-20)15-26-18-9-7-17(25)8-10-18/h2-14,26H,15-16H2,1H3,(H,27,31). The van der Waals surface area contributed by atoms with Crippen LogP contribution >= 0.6 is 27.7 Å². The van der Waals surface area contributed by atoms with E-state index in [4.69, 9.17) is 4.74 Å². The summed E-state index contributed by atoms with van der Waals surface area (Å²) in [6.07, 6.45) is 0. The van der Waals surface area contributed by atoms with Crippen LogP contribution in [0.3, 0.4) is 0 Å². The lowest BCUT2D eigenvalue weighted by atomic mass is 10.3. The maximum absolute atomic E-state index is 12.5. The molecule has 168 valence electrons. The molecule has 9 heteroatoms. The summed E-state index contributed by atoms with van der Waals surface area (Å²) < 4.78 is 8.14. The Balaban J connectivity index is 1.46. The monoisotopic (exact) mass is 523 g/mol. The molecule has 0 spiro atoms. The molecule has 0 aliphatic rings. The normalized spacial score (nSPS) is 10.6. The largest absolute Gasteiger partial charge is 0.497 e. The molecule has 0 bridgehead atoms. The summed E-state index contributed by atoms with van der Waals surface area (Å²) in [6, 6.07) is 25.0. The molecule has 0 aliphatic carbocycles. The Hall–Kier alpha value is -3.30. The van der Waals surface area contributed by atoms with E-state index in [0.29, 0.717) is 17.4 Å². The quantitative estimate of drug-likeness (QED) is 0.286. The third-order valence-corrected chi connectivity index (χ3v) is 6.17. The molecule has 0 radical (unpaired) electrons. The molecule has 0 saturated heterocycles. The second-order valence-electron chi connectivity index (χ2n) is 7.00. The van der Waals surface area contributed by atoms with Crippen molar-refractivity contribution in [3.05, 3.63) is 89.2 Å². The molecule has 2 N–H and O–H groups in total. The van der Waals surface area contributed by atoms with Gasteiger partial charge in [-0.3, -0.25) is 9.36 Å². The molecule has 7 nitrogen and oxygen atoms in total. The van der Waals surface area contributed by atoms with Gasteiger partial charge in [0.1, 0.15) is 5.75 Å². The molecule has 4 rings (SSSR count). The average Bonchev–Trinajstić information content (AvgIpc) is 3.26. The molecule has 0 atom stereocenters. The number of carbonyl (C=O) groups excluding carboxylic acids is 1. The number of nitrogens with zero attached hydrogens (tertiary/aromatic N) is 3. The van der Waals surface area contributed by atoms with Crippen LogP contribution in [-0.4, -0.2) is 33.5 Å². The molecule has 0 fully saturated rings. The molecule has 33 heavy (non-hydrogen) atoms. The Kier molecular flexibility index (Phi) is 7.64. The summed E-state index contributed by atoms with van der Waals surface area (Å²) in [5.41, 5.74) is 2.63. The smallest absolute Gasteiger partial charge is 0.234 e. The number of methoxy groups -OCH3 is 1. The van der Waals surface area contributed by atoms with Gasteiger partial charge in [-0.1, -0.05) is 45.9 Å². The Morgan fingerprint density at radius 3 is 2.36 bits per heavy atom. The van der Waals surface area contributed by atoms with Crippen molar-refractivity contribution in [1.82, 2.24) is 14.8 Å². The number of thioether (sulfide) groups is 1. The third-order valence-electron chi connectivity index (χ3n) is 4.72. The molecule has 0 aliphatic heterocycles. The number of anilines is 2. The Labute approximate surface area is 204 Å². The lowest BCUT2D eigenvalue weighted by Gasteiger charge is -2.11. The second-order valence-corrected chi connectivity index (χ2v) is 8.85. The summed E-state index contributed by atoms with van der Waals surface area (Å²) >= 11 is 4.79. The number of benzene rings is 3. The number of amides is 1. The molecular weight excluding hydrogens is 502 g/mol. The maximum atomic E-state index is 12.5. The van der Waals surface area contributed by atoms with Crippen molar-refractivity contribution in [3.63, 3.8) is 0 Å². The number of carbonyl (C=O) groups is 1. The van der Waals surface area contributed by atoms with Gasteiger partial charge < -0.3 is 15.4 Å². The molecule has 1 amide bonds. The summed E-state index contributed by atoms with van der Waals surface area (Å²) in [5.74, 6) is 1.57. The number of halogens is 1. The van der Waals surface area contributed by atoms with Gasteiger partial charge in [0.05, 0.1) is 19.4 Å². The van der Waals surface area contributed by atoms with Crippen molar-refractivity contribution in [2.75, 3.05) is 23.5 Å². The first-order chi connectivity index (χ1) is 16.1. The van der Waals surface area contributed by atoms with Crippen LogP contribution in [0.25, 0.3) is 5.69 Å². The average molecular weight is 524 g/mol. The summed E-state index contributed by atoms with van der Waals surface area (Å²) in [5, 5.41) is 15.7. The van der Waals surface area contributed by atoms with Gasteiger partial charge in [0.15, 0.2) is 11.0 Å². The van der Waals surface area contributed by atoms with Crippen LogP contribution in [0.1, 0.15) is 5.82 Å². The maximum Gasteiger partial charge on any atom is 0.234 e. The molecular formula is C24H22BrN5O2S. The van der Waals surface area contributed by atoms with E-state index in [2.05, 4.69) is 36.8 Å². The van der Waals surface area contributed by atoms with Crippen LogP contribution in [0.2, 0.25) is 0 Å². The van der Waals surface area contributed by atoms with Crippen molar-refractivity contribution in [2.24, 2.45) is 0 Å². The van der Waals surface area contributed by atoms with Gasteiger partial charge in [0, 0.05) is 21.5 Å². The zero-order valence-corrected chi connectivity index (χ0v) is 20.3. The van der Waals surface area contributed by atoms with Crippen molar-refractivity contribution < 1.29 is 9.53 Å². The summed E-state index contributed by atoms with van der Waals surface area (Å²) in [7, 11) is 1.61. The van der Waals surface area contributed by atoms with Crippen molar-refractivity contribution in [2.45, 2.75) is 11.7 Å². The third kappa shape index (κ3) is 6.15. The number of hydrogen-bond acceptors (Lipinski definition) is 6. The van der Waals surface area contributed by atoms with E-state index >= 15 is 0 Å². The van der Waals surface area contributed by atoms with E-state index in [1.165, 1.54) is 11.8 Å². The SMILES string of the molecule is COc1ccc(NC(=O)CSc2nnc(CNc3ccc(Br)cc3)n2-c2ccccc2)cc1. The number of aromatic nitrogens is 3. The van der Waals surface area contributed by atoms with Gasteiger partial charge >= 0.3 is 0 Å². The lowest BCUT2D eigenvalue weighted by Crippen LogP contribution is -2.14. The van der Waals surface area contributed by atoms with E-state index in [1.807, 2.05) is 59.2 Å². The van der Waals surface area contributed by atoms with Gasteiger partial charge in [0.2, 0.25) is 5.91 Å². The minimum absolute atomic E-state index is 0.123. The molecule has 0 saturated carbocycles. The van der Waals surface area contributed by atoms with Crippen LogP contribution in [0.4, 0.5) is 11.4 Å². The highest BCUT2D eigenvalue weighted by Gasteiger charge is 2.16. The number of hydrogen-bond donors (Lipinski definition) is 2. The highest BCUT2D eigenvalue weighted by Crippen LogP contribution is 2.24. The van der Waals surface area contributed by atoms with Gasteiger partial charge in [-0.2, -0.15) is 0 Å². The topological polar surface area (TPSA) is 81.1 Å². The molecule has 1 aromatic heterocycles. The fourth-order valence-corrected chi connectivity index (χ4v) is 4.13. The van der Waals surface area contributed by atoms with Crippen LogP contribution < -0.4 is 15.4 Å². The highest BCUT2D eigenvalue weighted by molar-refractivity contribution is 9.10. The number of ether oxygens (including phenoxy) is 1. The van der Waals surface area contributed by atoms with E-state index in [-0.39, 0.29) is 11.7 Å². The molecule has 0 unspecified atom stereocenters. The Morgan fingerprint density at radius 2 is 1.67 bits per heavy atom. The summed E-state index contributed by atoms with van der Waals surface area (Å²) in [6.45, 7) is 0.488. The van der Waals surface area contributed by atoms with Crippen molar-refractivity contribution >= 4 is 45.0 Å². The fourth-order valence-electron chi connectivity index (χ4n) is 3.10. The van der Waals surface area contributed by atoms with Gasteiger partial charge in [0.25, 0.3) is 0 Å². The van der Waals surface area contributed by atoms with E-state index in [0.717, 1.165) is 27.4 Å². The van der Waals surface area contributed by atoms with Crippen molar-refractivity contribution in [3.8, 4) is 11.4 Å². The first-order valence-corrected chi connectivity index (χ1v) is 12.0. The second kappa shape index (κ2) is 11.0. The predicted molar refractivity (Wildman–Crippen MR) is 135 cm³/mol. The van der Waals surface area contributed by atoms with Gasteiger partial charge in [-0.25, -0.2) is 0 Å². The van der Waals surface area contributed by atoms with E-state index < -0.39 is 0 Å². The van der Waals surface area contributed by atoms with Crippen LogP contribution in [-0.2, 0) is 11.3 Å². The van der Waals surface area contributed by atoms with E-state index in [1.54, 1.807) is 31.4 Å².